The number of methoxy groups -OCH3 is 1. The topological polar surface area (TPSA) is 107 Å². The second-order valence-electron chi connectivity index (χ2n) is 9.11. The molecule has 2 atom stereocenters. The lowest BCUT2D eigenvalue weighted by molar-refractivity contribution is 0.102. The van der Waals surface area contributed by atoms with E-state index < -0.39 is 6.17 Å². The van der Waals surface area contributed by atoms with Crippen LogP contribution in [0.25, 0.3) is 28.0 Å². The maximum absolute atomic E-state index is 13.4. The summed E-state index contributed by atoms with van der Waals surface area (Å²) in [5, 5.41) is 11.3. The number of halogens is 1. The number of hydrogen-bond donors (Lipinski definition) is 1. The van der Waals surface area contributed by atoms with Gasteiger partial charge in [0, 0.05) is 28.7 Å². The lowest BCUT2D eigenvalue weighted by Crippen LogP contribution is -2.12. The van der Waals surface area contributed by atoms with Crippen molar-refractivity contribution in [1.82, 2.24) is 24.7 Å². The maximum Gasteiger partial charge on any atom is 0.259 e. The van der Waals surface area contributed by atoms with Gasteiger partial charge in [-0.15, -0.1) is 0 Å². The molecular formula is C27H23FN6O3. The summed E-state index contributed by atoms with van der Waals surface area (Å²) < 4.78 is 25.7. The van der Waals surface area contributed by atoms with Crippen molar-refractivity contribution in [3.63, 3.8) is 0 Å². The molecule has 4 aromatic heterocycles. The van der Waals surface area contributed by atoms with Gasteiger partial charge in [0.1, 0.15) is 6.17 Å². The standard InChI is InChI=1S/C27H23FN6O3/c1-14-4-6-17(24-32-27(37-33-24)19-12-21(19)28)10-22(14)31-25(35)20-13-29-34-9-8-16(11-23(20)34)18-7-5-15(2)30-26(18)36-3/h4-11,13,19,21H,12H2,1-3H3,(H,31,35)/t19-,21-/m0/s1. The molecule has 4 heterocycles. The average molecular weight is 499 g/mol. The summed E-state index contributed by atoms with van der Waals surface area (Å²) in [6.45, 7) is 3.79. The largest absolute Gasteiger partial charge is 0.481 e. The van der Waals surface area contributed by atoms with E-state index in [9.17, 15) is 9.18 Å². The number of ether oxygens (including phenoxy) is 1. The molecule has 9 nitrogen and oxygen atoms in total. The van der Waals surface area contributed by atoms with Gasteiger partial charge in [-0.05, 0) is 61.7 Å². The summed E-state index contributed by atoms with van der Waals surface area (Å²) >= 11 is 0. The van der Waals surface area contributed by atoms with Crippen molar-refractivity contribution in [3.05, 3.63) is 77.6 Å². The fourth-order valence-electron chi connectivity index (χ4n) is 4.24. The van der Waals surface area contributed by atoms with Gasteiger partial charge in [-0.2, -0.15) is 10.1 Å². The number of aromatic nitrogens is 5. The molecule has 37 heavy (non-hydrogen) atoms. The highest BCUT2D eigenvalue weighted by Crippen LogP contribution is 2.43. The van der Waals surface area contributed by atoms with Crippen molar-refractivity contribution in [2.24, 2.45) is 0 Å². The van der Waals surface area contributed by atoms with Crippen LogP contribution in [0.15, 0.2) is 59.4 Å². The predicted octanol–water partition coefficient (Wildman–Crippen LogP) is 5.15. The van der Waals surface area contributed by atoms with Gasteiger partial charge in [0.2, 0.25) is 17.6 Å². The molecule has 1 aliphatic rings. The van der Waals surface area contributed by atoms with Crippen molar-refractivity contribution in [3.8, 4) is 28.4 Å². The monoisotopic (exact) mass is 498 g/mol. The first-order valence-corrected chi connectivity index (χ1v) is 11.8. The molecule has 6 rings (SSSR count). The fraction of sp³-hybridized carbons (Fsp3) is 0.222. The Kier molecular flexibility index (Phi) is 5.44. The summed E-state index contributed by atoms with van der Waals surface area (Å²) in [5.74, 6) is 0.535. The van der Waals surface area contributed by atoms with E-state index in [2.05, 4.69) is 25.5 Å². The molecule has 0 bridgehead atoms. The van der Waals surface area contributed by atoms with Crippen LogP contribution in [0, 0.1) is 13.8 Å². The number of anilines is 1. The minimum Gasteiger partial charge on any atom is -0.481 e. The van der Waals surface area contributed by atoms with E-state index in [-0.39, 0.29) is 11.8 Å². The Morgan fingerprint density at radius 3 is 2.76 bits per heavy atom. The lowest BCUT2D eigenvalue weighted by Gasteiger charge is -2.10. The molecule has 5 aromatic rings. The number of carbonyl (C=O) groups is 1. The third kappa shape index (κ3) is 4.20. The Morgan fingerprint density at radius 1 is 1.14 bits per heavy atom. The molecule has 1 N–H and O–H groups in total. The van der Waals surface area contributed by atoms with Crippen LogP contribution in [0.5, 0.6) is 5.88 Å². The zero-order valence-electron chi connectivity index (χ0n) is 20.4. The molecule has 10 heteroatoms. The first kappa shape index (κ1) is 22.8. The van der Waals surface area contributed by atoms with E-state index in [0.29, 0.717) is 46.3 Å². The number of fused-ring (bicyclic) bond motifs is 1. The molecule has 0 radical (unpaired) electrons. The summed E-state index contributed by atoms with van der Waals surface area (Å²) in [7, 11) is 1.58. The fourth-order valence-corrected chi connectivity index (χ4v) is 4.24. The second-order valence-corrected chi connectivity index (χ2v) is 9.11. The van der Waals surface area contributed by atoms with Crippen LogP contribution in [-0.4, -0.2) is 43.9 Å². The molecule has 0 saturated heterocycles. The molecular weight excluding hydrogens is 475 g/mol. The highest BCUT2D eigenvalue weighted by atomic mass is 19.1. The van der Waals surface area contributed by atoms with E-state index in [0.717, 1.165) is 22.4 Å². The van der Waals surface area contributed by atoms with E-state index in [4.69, 9.17) is 9.26 Å². The van der Waals surface area contributed by atoms with Crippen LogP contribution in [0.4, 0.5) is 10.1 Å². The van der Waals surface area contributed by atoms with Gasteiger partial charge in [-0.25, -0.2) is 13.9 Å². The molecule has 1 aliphatic carbocycles. The van der Waals surface area contributed by atoms with Gasteiger partial charge in [0.25, 0.3) is 5.91 Å². The zero-order valence-corrected chi connectivity index (χ0v) is 20.4. The third-order valence-electron chi connectivity index (χ3n) is 6.49. The van der Waals surface area contributed by atoms with Gasteiger partial charge in [0.05, 0.1) is 30.3 Å². The lowest BCUT2D eigenvalue weighted by atomic mass is 10.1. The summed E-state index contributed by atoms with van der Waals surface area (Å²) in [4.78, 5) is 22.1. The normalized spacial score (nSPS) is 16.6. The quantitative estimate of drug-likeness (QED) is 0.345. The van der Waals surface area contributed by atoms with Crippen LogP contribution < -0.4 is 10.1 Å². The number of alkyl halides is 1. The Balaban J connectivity index is 1.30. The van der Waals surface area contributed by atoms with Crippen molar-refractivity contribution in [2.75, 3.05) is 12.4 Å². The summed E-state index contributed by atoms with van der Waals surface area (Å²) in [6.07, 6.45) is 2.82. The minimum absolute atomic E-state index is 0.302. The van der Waals surface area contributed by atoms with E-state index >= 15 is 0 Å². The Hall–Kier alpha value is -4.60. The van der Waals surface area contributed by atoms with Crippen molar-refractivity contribution < 1.29 is 18.4 Å². The molecule has 1 fully saturated rings. The first-order chi connectivity index (χ1) is 17.9. The number of nitrogens with one attached hydrogen (secondary N) is 1. The number of carbonyl (C=O) groups excluding carboxylic acids is 1. The van der Waals surface area contributed by atoms with E-state index in [1.54, 1.807) is 23.9 Å². The molecule has 1 aromatic carbocycles. The third-order valence-corrected chi connectivity index (χ3v) is 6.49. The minimum atomic E-state index is -0.920. The molecule has 0 spiro atoms. The highest BCUT2D eigenvalue weighted by Gasteiger charge is 2.43. The van der Waals surface area contributed by atoms with E-state index in [1.165, 1.54) is 6.20 Å². The number of nitrogens with zero attached hydrogens (tertiary/aromatic N) is 5. The zero-order chi connectivity index (χ0) is 25.7. The first-order valence-electron chi connectivity index (χ1n) is 11.8. The predicted molar refractivity (Wildman–Crippen MR) is 134 cm³/mol. The molecule has 0 aliphatic heterocycles. The number of pyridine rings is 2. The van der Waals surface area contributed by atoms with Gasteiger partial charge >= 0.3 is 0 Å². The SMILES string of the molecule is COc1nc(C)ccc1-c1ccn2ncc(C(=O)Nc3cc(-c4noc([C@H]5C[C@@H]5F)n4)ccc3C)c2c1. The smallest absolute Gasteiger partial charge is 0.259 e. The summed E-state index contributed by atoms with van der Waals surface area (Å²) in [5.41, 5.74) is 5.69. The number of benzene rings is 1. The molecule has 0 unspecified atom stereocenters. The van der Waals surface area contributed by atoms with Crippen molar-refractivity contribution in [2.45, 2.75) is 32.4 Å². The Morgan fingerprint density at radius 2 is 1.97 bits per heavy atom. The van der Waals surface area contributed by atoms with E-state index in [1.807, 2.05) is 50.2 Å². The number of amides is 1. The van der Waals surface area contributed by atoms with Crippen LogP contribution in [0.1, 0.15) is 39.8 Å². The van der Waals surface area contributed by atoms with Crippen LogP contribution in [-0.2, 0) is 0 Å². The van der Waals surface area contributed by atoms with Gasteiger partial charge in [-0.3, -0.25) is 4.79 Å². The van der Waals surface area contributed by atoms with Gasteiger partial charge in [0.15, 0.2) is 0 Å². The van der Waals surface area contributed by atoms with Crippen LogP contribution in [0.2, 0.25) is 0 Å². The Bertz CT molecular complexity index is 1660. The highest BCUT2D eigenvalue weighted by molar-refractivity contribution is 6.09. The molecule has 1 saturated carbocycles. The molecule has 186 valence electrons. The number of hydrogen-bond acceptors (Lipinski definition) is 7. The maximum atomic E-state index is 13.4. The number of aryl methyl sites for hydroxylation is 2. The van der Waals surface area contributed by atoms with Crippen molar-refractivity contribution in [1.29, 1.82) is 0 Å². The summed E-state index contributed by atoms with van der Waals surface area (Å²) in [6, 6.07) is 13.1. The van der Waals surface area contributed by atoms with Gasteiger partial charge < -0.3 is 14.6 Å². The second kappa shape index (κ2) is 8.81. The number of rotatable bonds is 6. The van der Waals surface area contributed by atoms with Gasteiger partial charge in [-0.1, -0.05) is 17.3 Å². The van der Waals surface area contributed by atoms with Crippen molar-refractivity contribution >= 4 is 17.1 Å². The van der Waals surface area contributed by atoms with Crippen LogP contribution in [0.3, 0.4) is 0 Å². The Labute approximate surface area is 211 Å². The molecule has 1 amide bonds. The van der Waals surface area contributed by atoms with Crippen LogP contribution >= 0.6 is 0 Å². The average Bonchev–Trinajstić information content (AvgIpc) is 3.28.